The maximum atomic E-state index is 12.5. The Kier molecular flexibility index (Phi) is 6.19. The molecule has 0 saturated carbocycles. The van der Waals surface area contributed by atoms with E-state index in [1.54, 1.807) is 16.7 Å². The Bertz CT molecular complexity index is 829. The third kappa shape index (κ3) is 4.33. The Morgan fingerprint density at radius 3 is 3.00 bits per heavy atom. The first kappa shape index (κ1) is 17.5. The van der Waals surface area contributed by atoms with Crippen molar-refractivity contribution in [2.45, 2.75) is 25.0 Å². The normalized spacial score (nSPS) is 10.5. The Labute approximate surface area is 146 Å². The molecule has 1 aromatic heterocycles. The first-order valence-electron chi connectivity index (χ1n) is 7.03. The van der Waals surface area contributed by atoms with E-state index in [2.05, 4.69) is 26.2 Å². The molecule has 0 aliphatic heterocycles. The van der Waals surface area contributed by atoms with Gasteiger partial charge in [0.1, 0.15) is 0 Å². The number of hydrogen-bond acceptors (Lipinski definition) is 5. The van der Waals surface area contributed by atoms with Crippen molar-refractivity contribution in [3.8, 4) is 6.07 Å². The van der Waals surface area contributed by atoms with E-state index in [1.807, 2.05) is 19.1 Å². The van der Waals surface area contributed by atoms with Gasteiger partial charge in [0.05, 0.1) is 29.1 Å². The molecule has 0 atom stereocenters. The number of aromatic nitrogens is 2. The van der Waals surface area contributed by atoms with E-state index in [-0.39, 0.29) is 23.6 Å². The number of thioether (sulfide) groups is 1. The van der Waals surface area contributed by atoms with Crippen LogP contribution in [0.15, 0.2) is 32.6 Å². The predicted octanol–water partition coefficient (Wildman–Crippen LogP) is 2.30. The number of amides is 1. The lowest BCUT2D eigenvalue weighted by atomic mass is 10.2. The molecule has 120 valence electrons. The standard InChI is InChI=1S/C15H15BrN4O2S/c1-2-20-14(22)11-8-10(16)4-5-12(11)19-15(20)23-9-13(21)18-7-3-6-17/h4-5,8H,2-3,7,9H2,1H3,(H,18,21). The molecule has 0 unspecified atom stereocenters. The smallest absolute Gasteiger partial charge is 0.262 e. The van der Waals surface area contributed by atoms with Crippen molar-refractivity contribution >= 4 is 44.5 Å². The Morgan fingerprint density at radius 1 is 1.52 bits per heavy atom. The van der Waals surface area contributed by atoms with Crippen molar-refractivity contribution in [3.05, 3.63) is 33.0 Å². The van der Waals surface area contributed by atoms with Crippen LogP contribution in [0.2, 0.25) is 0 Å². The van der Waals surface area contributed by atoms with Gasteiger partial charge in [0.25, 0.3) is 5.56 Å². The fourth-order valence-electron chi connectivity index (χ4n) is 2.00. The fourth-order valence-corrected chi connectivity index (χ4v) is 3.25. The largest absolute Gasteiger partial charge is 0.354 e. The van der Waals surface area contributed by atoms with Gasteiger partial charge in [0.2, 0.25) is 5.91 Å². The summed E-state index contributed by atoms with van der Waals surface area (Å²) in [5.41, 5.74) is 0.487. The van der Waals surface area contributed by atoms with Crippen LogP contribution in [-0.4, -0.2) is 27.8 Å². The number of benzene rings is 1. The van der Waals surface area contributed by atoms with Gasteiger partial charge >= 0.3 is 0 Å². The van der Waals surface area contributed by atoms with Gasteiger partial charge in [-0.3, -0.25) is 14.2 Å². The number of carbonyl (C=O) groups excluding carboxylic acids is 1. The molecule has 0 radical (unpaired) electrons. The van der Waals surface area contributed by atoms with E-state index in [1.165, 1.54) is 11.8 Å². The lowest BCUT2D eigenvalue weighted by Gasteiger charge is -2.11. The first-order valence-corrected chi connectivity index (χ1v) is 8.81. The molecule has 2 rings (SSSR count). The fraction of sp³-hybridized carbons (Fsp3) is 0.333. The molecule has 2 aromatic rings. The number of rotatable bonds is 6. The second-order valence-electron chi connectivity index (χ2n) is 4.65. The molecule has 8 heteroatoms. The Balaban J connectivity index is 2.23. The van der Waals surface area contributed by atoms with Crippen LogP contribution in [-0.2, 0) is 11.3 Å². The first-order chi connectivity index (χ1) is 11.1. The molecule has 1 N–H and O–H groups in total. The number of carbonyl (C=O) groups is 1. The van der Waals surface area contributed by atoms with Gasteiger partial charge in [0.15, 0.2) is 5.16 Å². The van der Waals surface area contributed by atoms with Crippen molar-refractivity contribution in [1.29, 1.82) is 5.26 Å². The van der Waals surface area contributed by atoms with Crippen LogP contribution >= 0.6 is 27.7 Å². The third-order valence-corrected chi connectivity index (χ3v) is 4.56. The van der Waals surface area contributed by atoms with Gasteiger partial charge in [0, 0.05) is 17.6 Å². The van der Waals surface area contributed by atoms with Crippen LogP contribution in [0.25, 0.3) is 10.9 Å². The maximum Gasteiger partial charge on any atom is 0.262 e. The van der Waals surface area contributed by atoms with Crippen molar-refractivity contribution in [3.63, 3.8) is 0 Å². The summed E-state index contributed by atoms with van der Waals surface area (Å²) in [4.78, 5) is 28.8. The van der Waals surface area contributed by atoms with E-state index in [9.17, 15) is 9.59 Å². The Morgan fingerprint density at radius 2 is 2.30 bits per heavy atom. The summed E-state index contributed by atoms with van der Waals surface area (Å²) in [5.74, 6) is -0.0297. The monoisotopic (exact) mass is 394 g/mol. The number of fused-ring (bicyclic) bond motifs is 1. The highest BCUT2D eigenvalue weighted by Crippen LogP contribution is 2.20. The van der Waals surface area contributed by atoms with Crippen molar-refractivity contribution < 1.29 is 4.79 Å². The maximum absolute atomic E-state index is 12.5. The molecule has 6 nitrogen and oxygen atoms in total. The number of nitrogens with one attached hydrogen (secondary N) is 1. The molecule has 0 spiro atoms. The lowest BCUT2D eigenvalue weighted by molar-refractivity contribution is -0.118. The van der Waals surface area contributed by atoms with E-state index >= 15 is 0 Å². The minimum atomic E-state index is -0.182. The lowest BCUT2D eigenvalue weighted by Crippen LogP contribution is -2.27. The summed E-state index contributed by atoms with van der Waals surface area (Å²) in [7, 11) is 0. The zero-order chi connectivity index (χ0) is 16.8. The molecular weight excluding hydrogens is 380 g/mol. The van der Waals surface area contributed by atoms with Gasteiger partial charge in [-0.15, -0.1) is 0 Å². The molecule has 0 aliphatic carbocycles. The van der Waals surface area contributed by atoms with E-state index < -0.39 is 0 Å². The van der Waals surface area contributed by atoms with Gasteiger partial charge < -0.3 is 5.32 Å². The summed E-state index contributed by atoms with van der Waals surface area (Å²) in [6, 6.07) is 7.32. The third-order valence-electron chi connectivity index (χ3n) is 3.09. The van der Waals surface area contributed by atoms with Crippen LogP contribution in [0, 0.1) is 11.3 Å². The molecule has 1 aromatic carbocycles. The highest BCUT2D eigenvalue weighted by molar-refractivity contribution is 9.10. The molecule has 23 heavy (non-hydrogen) atoms. The van der Waals surface area contributed by atoms with Crippen LogP contribution in [0.1, 0.15) is 13.3 Å². The van der Waals surface area contributed by atoms with Crippen molar-refractivity contribution in [2.75, 3.05) is 12.3 Å². The van der Waals surface area contributed by atoms with Crippen molar-refractivity contribution in [2.24, 2.45) is 0 Å². The van der Waals surface area contributed by atoms with E-state index in [0.717, 1.165) is 4.47 Å². The topological polar surface area (TPSA) is 87.8 Å². The quantitative estimate of drug-likeness (QED) is 0.461. The number of nitriles is 1. The highest BCUT2D eigenvalue weighted by Gasteiger charge is 2.12. The zero-order valence-electron chi connectivity index (χ0n) is 12.5. The molecule has 0 aliphatic rings. The molecule has 1 heterocycles. The SMILES string of the molecule is CCn1c(SCC(=O)NCCC#N)nc2ccc(Br)cc2c1=O. The summed E-state index contributed by atoms with van der Waals surface area (Å²) in [6.07, 6.45) is 0.277. The van der Waals surface area contributed by atoms with Crippen LogP contribution in [0.5, 0.6) is 0 Å². The molecule has 0 fully saturated rings. The second kappa shape index (κ2) is 8.13. The van der Waals surface area contributed by atoms with Gasteiger partial charge in [-0.2, -0.15) is 5.26 Å². The number of halogens is 1. The minimum absolute atomic E-state index is 0.119. The van der Waals surface area contributed by atoms with E-state index in [0.29, 0.717) is 29.1 Å². The van der Waals surface area contributed by atoms with Gasteiger partial charge in [-0.1, -0.05) is 27.7 Å². The van der Waals surface area contributed by atoms with Gasteiger partial charge in [-0.05, 0) is 25.1 Å². The zero-order valence-corrected chi connectivity index (χ0v) is 14.9. The molecular formula is C15H15BrN4O2S. The van der Waals surface area contributed by atoms with Crippen molar-refractivity contribution in [1.82, 2.24) is 14.9 Å². The minimum Gasteiger partial charge on any atom is -0.354 e. The van der Waals surface area contributed by atoms with Crippen LogP contribution in [0.4, 0.5) is 0 Å². The highest BCUT2D eigenvalue weighted by atomic mass is 79.9. The average Bonchev–Trinajstić information content (AvgIpc) is 2.54. The summed E-state index contributed by atoms with van der Waals surface area (Å²) >= 11 is 4.57. The molecule has 0 bridgehead atoms. The second-order valence-corrected chi connectivity index (χ2v) is 6.51. The molecule has 1 amide bonds. The summed E-state index contributed by atoms with van der Waals surface area (Å²) in [5, 5.41) is 12.2. The summed E-state index contributed by atoms with van der Waals surface area (Å²) in [6.45, 7) is 2.67. The number of hydrogen-bond donors (Lipinski definition) is 1. The summed E-state index contributed by atoms with van der Waals surface area (Å²) < 4.78 is 2.38. The van der Waals surface area contributed by atoms with Gasteiger partial charge in [-0.25, -0.2) is 4.98 Å². The van der Waals surface area contributed by atoms with E-state index in [4.69, 9.17) is 5.26 Å². The molecule has 0 saturated heterocycles. The van der Waals surface area contributed by atoms with Crippen LogP contribution in [0.3, 0.4) is 0 Å². The Hall–Kier alpha value is -1.85. The average molecular weight is 395 g/mol. The number of nitrogens with zero attached hydrogens (tertiary/aromatic N) is 3. The van der Waals surface area contributed by atoms with Crippen LogP contribution < -0.4 is 10.9 Å². The predicted molar refractivity (Wildman–Crippen MR) is 93.3 cm³/mol.